The van der Waals surface area contributed by atoms with E-state index in [2.05, 4.69) is 4.72 Å². The number of carbonyl (C=O) groups excluding carboxylic acids is 1. The summed E-state index contributed by atoms with van der Waals surface area (Å²) >= 11 is 6.02. The van der Waals surface area contributed by atoms with Gasteiger partial charge in [-0.3, -0.25) is 9.52 Å². The molecule has 128 valence electrons. The number of nitrogens with zero attached hydrogens (tertiary/aromatic N) is 1. The van der Waals surface area contributed by atoms with Crippen molar-refractivity contribution in [2.24, 2.45) is 0 Å². The van der Waals surface area contributed by atoms with Gasteiger partial charge in [0.2, 0.25) is 5.91 Å². The molecule has 2 aromatic rings. The Morgan fingerprint density at radius 1 is 1.08 bits per heavy atom. The van der Waals surface area contributed by atoms with Crippen LogP contribution in [0.2, 0.25) is 5.02 Å². The Hall–Kier alpha value is -2.05. The van der Waals surface area contributed by atoms with Crippen molar-refractivity contribution in [1.29, 1.82) is 0 Å². The van der Waals surface area contributed by atoms with E-state index in [1.165, 1.54) is 11.8 Å². The van der Waals surface area contributed by atoms with Gasteiger partial charge in [-0.1, -0.05) is 11.6 Å². The average molecular weight is 367 g/mol. The summed E-state index contributed by atoms with van der Waals surface area (Å²) in [6.45, 7) is 4.92. The van der Waals surface area contributed by atoms with Gasteiger partial charge in [-0.15, -0.1) is 0 Å². The lowest BCUT2D eigenvalue weighted by atomic mass is 10.2. The van der Waals surface area contributed by atoms with E-state index in [0.717, 1.165) is 0 Å². The standard InChI is InChI=1S/C17H19ClN2O3S/c1-11-10-17(12(2)9-16(11)18)24(22,23)19-14-5-7-15(8-6-14)20(4)13(3)21/h5-10,19H,1-4H3. The van der Waals surface area contributed by atoms with Gasteiger partial charge in [0.1, 0.15) is 0 Å². The van der Waals surface area contributed by atoms with Crippen LogP contribution in [0.15, 0.2) is 41.3 Å². The Labute approximate surface area is 147 Å². The first-order chi connectivity index (χ1) is 11.1. The van der Waals surface area contributed by atoms with E-state index in [-0.39, 0.29) is 10.8 Å². The van der Waals surface area contributed by atoms with Gasteiger partial charge >= 0.3 is 0 Å². The van der Waals surface area contributed by atoms with Crippen LogP contribution in [-0.4, -0.2) is 21.4 Å². The highest BCUT2D eigenvalue weighted by molar-refractivity contribution is 7.92. The fourth-order valence-corrected chi connectivity index (χ4v) is 3.78. The molecule has 0 radical (unpaired) electrons. The molecule has 0 spiro atoms. The van der Waals surface area contributed by atoms with Crippen LogP contribution in [0.3, 0.4) is 0 Å². The molecule has 0 saturated carbocycles. The van der Waals surface area contributed by atoms with Gasteiger partial charge < -0.3 is 4.90 Å². The number of anilines is 2. The number of hydrogen-bond acceptors (Lipinski definition) is 3. The maximum absolute atomic E-state index is 12.6. The first kappa shape index (κ1) is 18.3. The summed E-state index contributed by atoms with van der Waals surface area (Å²) in [6.07, 6.45) is 0. The molecule has 2 rings (SSSR count). The van der Waals surface area contributed by atoms with Gasteiger partial charge in [0.15, 0.2) is 0 Å². The molecule has 24 heavy (non-hydrogen) atoms. The van der Waals surface area contributed by atoms with Gasteiger partial charge in [-0.25, -0.2) is 8.42 Å². The van der Waals surface area contributed by atoms with Crippen LogP contribution in [0.5, 0.6) is 0 Å². The van der Waals surface area contributed by atoms with E-state index in [1.807, 2.05) is 0 Å². The van der Waals surface area contributed by atoms with Crippen molar-refractivity contribution in [3.8, 4) is 0 Å². The lowest BCUT2D eigenvalue weighted by molar-refractivity contribution is -0.116. The highest BCUT2D eigenvalue weighted by atomic mass is 35.5. The lowest BCUT2D eigenvalue weighted by Crippen LogP contribution is -2.22. The topological polar surface area (TPSA) is 66.5 Å². The highest BCUT2D eigenvalue weighted by Gasteiger charge is 2.18. The molecule has 0 aliphatic heterocycles. The molecule has 0 aromatic heterocycles. The van der Waals surface area contributed by atoms with Crippen molar-refractivity contribution in [2.75, 3.05) is 16.7 Å². The number of nitrogens with one attached hydrogen (secondary N) is 1. The van der Waals surface area contributed by atoms with Gasteiger partial charge in [-0.05, 0) is 61.4 Å². The average Bonchev–Trinajstić information content (AvgIpc) is 2.50. The molecule has 0 heterocycles. The zero-order valence-electron chi connectivity index (χ0n) is 13.9. The Balaban J connectivity index is 2.30. The lowest BCUT2D eigenvalue weighted by Gasteiger charge is -2.16. The first-order valence-corrected chi connectivity index (χ1v) is 9.12. The second-order valence-corrected chi connectivity index (χ2v) is 7.66. The summed E-state index contributed by atoms with van der Waals surface area (Å²) in [6, 6.07) is 9.78. The number of aryl methyl sites for hydroxylation is 2. The third kappa shape index (κ3) is 3.88. The van der Waals surface area contributed by atoms with Gasteiger partial charge in [0.05, 0.1) is 4.90 Å². The minimum absolute atomic E-state index is 0.101. The number of benzene rings is 2. The van der Waals surface area contributed by atoms with E-state index >= 15 is 0 Å². The molecular weight excluding hydrogens is 348 g/mol. The molecule has 1 amide bonds. The summed E-state index contributed by atoms with van der Waals surface area (Å²) in [4.78, 5) is 13.0. The summed E-state index contributed by atoms with van der Waals surface area (Å²) in [5.74, 6) is -0.101. The first-order valence-electron chi connectivity index (χ1n) is 7.26. The fraction of sp³-hybridized carbons (Fsp3) is 0.235. The number of rotatable bonds is 4. The van der Waals surface area contributed by atoms with Crippen LogP contribution in [-0.2, 0) is 14.8 Å². The van der Waals surface area contributed by atoms with Crippen molar-refractivity contribution in [2.45, 2.75) is 25.7 Å². The summed E-state index contributed by atoms with van der Waals surface area (Å²) in [5, 5.41) is 0.531. The minimum atomic E-state index is -3.72. The molecular formula is C17H19ClN2O3S. The Kier molecular flexibility index (Phi) is 5.20. The number of hydrogen-bond donors (Lipinski definition) is 1. The fourth-order valence-electron chi connectivity index (χ4n) is 2.19. The van der Waals surface area contributed by atoms with Crippen LogP contribution in [0.1, 0.15) is 18.1 Å². The van der Waals surface area contributed by atoms with Crippen molar-refractivity contribution in [3.05, 3.63) is 52.5 Å². The quantitative estimate of drug-likeness (QED) is 0.896. The molecule has 0 aliphatic rings. The maximum Gasteiger partial charge on any atom is 0.262 e. The normalized spacial score (nSPS) is 11.2. The van der Waals surface area contributed by atoms with E-state index in [0.29, 0.717) is 27.5 Å². The third-order valence-corrected chi connectivity index (χ3v) is 5.66. The highest BCUT2D eigenvalue weighted by Crippen LogP contribution is 2.26. The Morgan fingerprint density at radius 3 is 2.21 bits per heavy atom. The van der Waals surface area contributed by atoms with E-state index < -0.39 is 10.0 Å². The summed E-state index contributed by atoms with van der Waals surface area (Å²) < 4.78 is 27.7. The molecule has 0 fully saturated rings. The Bertz CT molecular complexity index is 877. The van der Waals surface area contributed by atoms with Crippen LogP contribution >= 0.6 is 11.6 Å². The van der Waals surface area contributed by atoms with Gasteiger partial charge in [0, 0.05) is 30.4 Å². The molecule has 0 saturated heterocycles. The van der Waals surface area contributed by atoms with Crippen LogP contribution < -0.4 is 9.62 Å². The molecule has 7 heteroatoms. The largest absolute Gasteiger partial charge is 0.316 e. The molecule has 0 bridgehead atoms. The third-order valence-electron chi connectivity index (χ3n) is 3.72. The van der Waals surface area contributed by atoms with Crippen LogP contribution in [0.25, 0.3) is 0 Å². The molecule has 0 atom stereocenters. The van der Waals surface area contributed by atoms with Gasteiger partial charge in [0.25, 0.3) is 10.0 Å². The van der Waals surface area contributed by atoms with Crippen molar-refractivity contribution in [3.63, 3.8) is 0 Å². The smallest absolute Gasteiger partial charge is 0.262 e. The molecule has 0 unspecified atom stereocenters. The number of amides is 1. The van der Waals surface area contributed by atoms with Gasteiger partial charge in [-0.2, -0.15) is 0 Å². The summed E-state index contributed by atoms with van der Waals surface area (Å²) in [7, 11) is -2.07. The predicted octanol–water partition coefficient (Wildman–Crippen LogP) is 3.74. The number of carbonyl (C=O) groups is 1. The number of sulfonamides is 1. The zero-order chi connectivity index (χ0) is 18.1. The van der Waals surface area contributed by atoms with Crippen molar-refractivity contribution in [1.82, 2.24) is 0 Å². The summed E-state index contributed by atoms with van der Waals surface area (Å²) in [5.41, 5.74) is 2.37. The van der Waals surface area contributed by atoms with Crippen molar-refractivity contribution < 1.29 is 13.2 Å². The molecule has 5 nitrogen and oxygen atoms in total. The van der Waals surface area contributed by atoms with Crippen molar-refractivity contribution >= 4 is 38.9 Å². The second-order valence-electron chi connectivity index (χ2n) is 5.60. The van der Waals surface area contributed by atoms with Crippen LogP contribution in [0.4, 0.5) is 11.4 Å². The van der Waals surface area contributed by atoms with Crippen LogP contribution in [0, 0.1) is 13.8 Å². The molecule has 2 aromatic carbocycles. The SMILES string of the molecule is CC(=O)N(C)c1ccc(NS(=O)(=O)c2cc(C)c(Cl)cc2C)cc1. The number of halogens is 1. The monoisotopic (exact) mass is 366 g/mol. The molecule has 1 N–H and O–H groups in total. The minimum Gasteiger partial charge on any atom is -0.316 e. The maximum atomic E-state index is 12.6. The van der Waals surface area contributed by atoms with E-state index in [1.54, 1.807) is 57.3 Å². The zero-order valence-corrected chi connectivity index (χ0v) is 15.5. The second kappa shape index (κ2) is 6.83. The predicted molar refractivity (Wildman–Crippen MR) is 97.3 cm³/mol. The molecule has 0 aliphatic carbocycles. The van der Waals surface area contributed by atoms with E-state index in [4.69, 9.17) is 11.6 Å². The van der Waals surface area contributed by atoms with E-state index in [9.17, 15) is 13.2 Å². The Morgan fingerprint density at radius 2 is 1.67 bits per heavy atom.